The van der Waals surface area contributed by atoms with Gasteiger partial charge in [-0.25, -0.2) is 4.98 Å². The van der Waals surface area contributed by atoms with Crippen LogP contribution in [-0.4, -0.2) is 16.2 Å². The van der Waals surface area contributed by atoms with E-state index in [-0.39, 0.29) is 0 Å². The molecular formula is C24H23ClN2O. The number of fused-ring (bicyclic) bond motifs is 1. The second kappa shape index (κ2) is 8.07. The van der Waals surface area contributed by atoms with Crippen LogP contribution in [0.5, 0.6) is 5.75 Å². The lowest BCUT2D eigenvalue weighted by Gasteiger charge is -2.11. The number of hydrogen-bond donors (Lipinski definition) is 0. The molecule has 0 unspecified atom stereocenters. The van der Waals surface area contributed by atoms with Gasteiger partial charge in [-0.3, -0.25) is 0 Å². The van der Waals surface area contributed by atoms with E-state index in [9.17, 15) is 0 Å². The van der Waals surface area contributed by atoms with Crippen molar-refractivity contribution < 1.29 is 4.74 Å². The Kier molecular flexibility index (Phi) is 5.36. The summed E-state index contributed by atoms with van der Waals surface area (Å²) in [5, 5.41) is 0.730. The molecule has 0 N–H and O–H groups in total. The van der Waals surface area contributed by atoms with Gasteiger partial charge in [-0.1, -0.05) is 29.8 Å². The van der Waals surface area contributed by atoms with Crippen molar-refractivity contribution in [3.63, 3.8) is 0 Å². The third-order valence-corrected chi connectivity index (χ3v) is 5.28. The minimum absolute atomic E-state index is 0.662. The van der Waals surface area contributed by atoms with Crippen LogP contribution in [-0.2, 0) is 6.54 Å². The van der Waals surface area contributed by atoms with Crippen LogP contribution in [0, 0.1) is 13.8 Å². The second-order valence-electron chi connectivity index (χ2n) is 7.03. The first-order valence-corrected chi connectivity index (χ1v) is 9.91. The molecule has 4 heteroatoms. The Bertz CT molecular complexity index is 1100. The highest BCUT2D eigenvalue weighted by atomic mass is 35.5. The molecule has 3 nitrogen and oxygen atoms in total. The summed E-state index contributed by atoms with van der Waals surface area (Å²) in [5.74, 6) is 1.89. The summed E-state index contributed by atoms with van der Waals surface area (Å²) in [6.45, 7) is 5.72. The van der Waals surface area contributed by atoms with E-state index in [2.05, 4.69) is 48.7 Å². The summed E-state index contributed by atoms with van der Waals surface area (Å²) in [4.78, 5) is 4.85. The van der Waals surface area contributed by atoms with Crippen molar-refractivity contribution in [3.8, 4) is 17.1 Å². The topological polar surface area (TPSA) is 27.1 Å². The molecule has 0 bridgehead atoms. The highest BCUT2D eigenvalue weighted by Crippen LogP contribution is 2.26. The highest BCUT2D eigenvalue weighted by molar-refractivity contribution is 6.30. The van der Waals surface area contributed by atoms with Crippen molar-refractivity contribution in [3.05, 3.63) is 82.9 Å². The van der Waals surface area contributed by atoms with Crippen molar-refractivity contribution in [1.82, 2.24) is 9.55 Å². The number of imidazole rings is 1. The summed E-state index contributed by atoms with van der Waals surface area (Å²) in [6, 6.07) is 22.3. The lowest BCUT2D eigenvalue weighted by molar-refractivity contribution is 0.302. The molecule has 4 rings (SSSR count). The zero-order valence-corrected chi connectivity index (χ0v) is 16.9. The lowest BCUT2D eigenvalue weighted by Crippen LogP contribution is -2.06. The molecule has 0 aliphatic carbocycles. The van der Waals surface area contributed by atoms with E-state index in [4.69, 9.17) is 21.3 Å². The van der Waals surface area contributed by atoms with Gasteiger partial charge in [0.05, 0.1) is 17.6 Å². The number of hydrogen-bond acceptors (Lipinski definition) is 2. The van der Waals surface area contributed by atoms with Crippen LogP contribution in [0.4, 0.5) is 0 Å². The van der Waals surface area contributed by atoms with Crippen molar-refractivity contribution in [1.29, 1.82) is 0 Å². The number of para-hydroxylation sites is 2. The minimum Gasteiger partial charge on any atom is -0.494 e. The summed E-state index contributed by atoms with van der Waals surface area (Å²) in [5.41, 5.74) is 5.74. The fraction of sp³-hybridized carbons (Fsp3) is 0.208. The summed E-state index contributed by atoms with van der Waals surface area (Å²) < 4.78 is 8.23. The summed E-state index contributed by atoms with van der Waals surface area (Å²) in [7, 11) is 0. The SMILES string of the molecule is Cc1ccc(OCCCn2c(-c3ccc(Cl)cc3)nc3ccccc32)cc1C. The van der Waals surface area contributed by atoms with Crippen LogP contribution in [0.2, 0.25) is 5.02 Å². The molecule has 3 aromatic carbocycles. The fourth-order valence-corrected chi connectivity index (χ4v) is 3.46. The normalized spacial score (nSPS) is 11.1. The van der Waals surface area contributed by atoms with Gasteiger partial charge in [0.2, 0.25) is 0 Å². The summed E-state index contributed by atoms with van der Waals surface area (Å²) in [6.07, 6.45) is 0.897. The van der Waals surface area contributed by atoms with Gasteiger partial charge < -0.3 is 9.30 Å². The van der Waals surface area contributed by atoms with E-state index in [0.717, 1.165) is 46.2 Å². The largest absolute Gasteiger partial charge is 0.494 e. The smallest absolute Gasteiger partial charge is 0.141 e. The average molecular weight is 391 g/mol. The maximum Gasteiger partial charge on any atom is 0.141 e. The molecule has 1 heterocycles. The monoisotopic (exact) mass is 390 g/mol. The highest BCUT2D eigenvalue weighted by Gasteiger charge is 2.12. The van der Waals surface area contributed by atoms with Gasteiger partial charge in [-0.05, 0) is 79.9 Å². The lowest BCUT2D eigenvalue weighted by atomic mass is 10.1. The third kappa shape index (κ3) is 3.90. The number of benzene rings is 3. The van der Waals surface area contributed by atoms with Gasteiger partial charge in [0.25, 0.3) is 0 Å². The van der Waals surface area contributed by atoms with E-state index in [1.165, 1.54) is 11.1 Å². The maximum absolute atomic E-state index is 6.06. The Morgan fingerprint density at radius 3 is 2.50 bits per heavy atom. The van der Waals surface area contributed by atoms with Gasteiger partial charge in [-0.2, -0.15) is 0 Å². The molecule has 0 aliphatic rings. The molecule has 0 fully saturated rings. The number of aromatic nitrogens is 2. The fourth-order valence-electron chi connectivity index (χ4n) is 3.34. The Hall–Kier alpha value is -2.78. The van der Waals surface area contributed by atoms with Gasteiger partial charge in [0.1, 0.15) is 11.6 Å². The maximum atomic E-state index is 6.06. The Labute approximate surface area is 170 Å². The van der Waals surface area contributed by atoms with E-state index < -0.39 is 0 Å². The Morgan fingerprint density at radius 2 is 1.71 bits per heavy atom. The average Bonchev–Trinajstić information content (AvgIpc) is 3.07. The Morgan fingerprint density at radius 1 is 0.929 bits per heavy atom. The first-order valence-electron chi connectivity index (χ1n) is 9.53. The van der Waals surface area contributed by atoms with Crippen molar-refractivity contribution in [2.24, 2.45) is 0 Å². The third-order valence-electron chi connectivity index (χ3n) is 5.03. The Balaban J connectivity index is 1.53. The number of rotatable bonds is 6. The molecule has 0 radical (unpaired) electrons. The second-order valence-corrected chi connectivity index (χ2v) is 7.47. The van der Waals surface area contributed by atoms with Crippen molar-refractivity contribution in [2.45, 2.75) is 26.8 Å². The number of nitrogens with zero attached hydrogens (tertiary/aromatic N) is 2. The summed E-state index contributed by atoms with van der Waals surface area (Å²) >= 11 is 6.06. The predicted octanol–water partition coefficient (Wildman–Crippen LogP) is 6.44. The van der Waals surface area contributed by atoms with E-state index in [0.29, 0.717) is 6.61 Å². The van der Waals surface area contributed by atoms with E-state index in [1.807, 2.05) is 36.4 Å². The van der Waals surface area contributed by atoms with E-state index >= 15 is 0 Å². The first-order chi connectivity index (χ1) is 13.6. The van der Waals surface area contributed by atoms with Crippen LogP contribution in [0.1, 0.15) is 17.5 Å². The molecule has 0 spiro atoms. The predicted molar refractivity (Wildman–Crippen MR) is 116 cm³/mol. The van der Waals surface area contributed by atoms with Crippen LogP contribution < -0.4 is 4.74 Å². The van der Waals surface area contributed by atoms with Crippen LogP contribution >= 0.6 is 11.6 Å². The van der Waals surface area contributed by atoms with Crippen LogP contribution in [0.3, 0.4) is 0 Å². The van der Waals surface area contributed by atoms with Gasteiger partial charge in [0.15, 0.2) is 0 Å². The molecule has 0 saturated heterocycles. The molecule has 28 heavy (non-hydrogen) atoms. The standard InChI is InChI=1S/C24H23ClN2O/c1-17-8-13-21(16-18(17)2)28-15-5-14-27-23-7-4-3-6-22(23)26-24(27)19-9-11-20(25)12-10-19/h3-4,6-13,16H,5,14-15H2,1-2H3. The quantitative estimate of drug-likeness (QED) is 0.354. The number of aryl methyl sites for hydroxylation is 3. The zero-order chi connectivity index (χ0) is 19.5. The van der Waals surface area contributed by atoms with Gasteiger partial charge >= 0.3 is 0 Å². The van der Waals surface area contributed by atoms with Crippen LogP contribution in [0.25, 0.3) is 22.4 Å². The molecule has 0 saturated carbocycles. The minimum atomic E-state index is 0.662. The first kappa shape index (κ1) is 18.6. The van der Waals surface area contributed by atoms with E-state index in [1.54, 1.807) is 0 Å². The molecular weight excluding hydrogens is 368 g/mol. The zero-order valence-electron chi connectivity index (χ0n) is 16.2. The molecule has 0 aliphatic heterocycles. The molecule has 0 amide bonds. The molecule has 142 valence electrons. The molecule has 0 atom stereocenters. The number of halogens is 1. The van der Waals surface area contributed by atoms with Gasteiger partial charge in [-0.15, -0.1) is 0 Å². The van der Waals surface area contributed by atoms with Crippen LogP contribution in [0.15, 0.2) is 66.7 Å². The molecule has 1 aromatic heterocycles. The van der Waals surface area contributed by atoms with Crippen molar-refractivity contribution in [2.75, 3.05) is 6.61 Å². The molecule has 4 aromatic rings. The van der Waals surface area contributed by atoms with Gasteiger partial charge in [0, 0.05) is 17.1 Å². The number of ether oxygens (including phenoxy) is 1. The van der Waals surface area contributed by atoms with Crippen molar-refractivity contribution >= 4 is 22.6 Å².